The highest BCUT2D eigenvalue weighted by molar-refractivity contribution is 7.11. The Labute approximate surface area is 126 Å². The molecular weight excluding hydrogens is 294 g/mol. The van der Waals surface area contributed by atoms with Crippen LogP contribution in [0.15, 0.2) is 17.3 Å². The van der Waals surface area contributed by atoms with Gasteiger partial charge in [-0.25, -0.2) is 14.6 Å². The molecule has 1 aromatic heterocycles. The van der Waals surface area contributed by atoms with Crippen molar-refractivity contribution < 1.29 is 19.5 Å². The van der Waals surface area contributed by atoms with E-state index in [0.29, 0.717) is 0 Å². The number of carboxylic acid groups (broad SMARTS) is 1. The van der Waals surface area contributed by atoms with Gasteiger partial charge in [-0.05, 0) is 27.7 Å². The molecule has 0 saturated heterocycles. The summed E-state index contributed by atoms with van der Waals surface area (Å²) in [5, 5.41) is 14.2. The third-order valence-electron chi connectivity index (χ3n) is 2.81. The summed E-state index contributed by atoms with van der Waals surface area (Å²) < 4.78 is 0. The van der Waals surface area contributed by atoms with E-state index < -0.39 is 17.9 Å². The number of carbonyl (C=O) groups excluding carboxylic acids is 2. The van der Waals surface area contributed by atoms with E-state index in [1.54, 1.807) is 13.1 Å². The van der Waals surface area contributed by atoms with Crippen molar-refractivity contribution in [3.63, 3.8) is 0 Å². The molecule has 0 bridgehead atoms. The van der Waals surface area contributed by atoms with Crippen LogP contribution in [-0.4, -0.2) is 28.0 Å². The number of nitrogens with one attached hydrogen (secondary N) is 2. The highest BCUT2D eigenvalue weighted by atomic mass is 32.1. The number of thiazole rings is 1. The smallest absolute Gasteiger partial charge is 0.331 e. The molecule has 1 atom stereocenters. The summed E-state index contributed by atoms with van der Waals surface area (Å²) in [4.78, 5) is 39.3. The number of aryl methyl sites for hydroxylation is 1. The Morgan fingerprint density at radius 2 is 1.90 bits per heavy atom. The van der Waals surface area contributed by atoms with Gasteiger partial charge in [0.2, 0.25) is 0 Å². The van der Waals surface area contributed by atoms with Gasteiger partial charge < -0.3 is 10.4 Å². The Morgan fingerprint density at radius 1 is 1.29 bits per heavy atom. The minimum Gasteiger partial charge on any atom is -0.478 e. The van der Waals surface area contributed by atoms with Crippen molar-refractivity contribution >= 4 is 29.2 Å². The van der Waals surface area contributed by atoms with Gasteiger partial charge in [0.15, 0.2) is 0 Å². The highest BCUT2D eigenvalue weighted by Crippen LogP contribution is 2.18. The first-order valence-corrected chi connectivity index (χ1v) is 6.99. The summed E-state index contributed by atoms with van der Waals surface area (Å²) in [5.74, 6) is -1.94. The van der Waals surface area contributed by atoms with E-state index in [1.807, 2.05) is 6.92 Å². The summed E-state index contributed by atoms with van der Waals surface area (Å²) in [6.45, 7) is 6.30. The quantitative estimate of drug-likeness (QED) is 0.734. The fourth-order valence-electron chi connectivity index (χ4n) is 1.39. The first-order chi connectivity index (χ1) is 9.72. The molecule has 0 aliphatic carbocycles. The molecule has 1 heterocycles. The van der Waals surface area contributed by atoms with Gasteiger partial charge in [-0.15, -0.1) is 11.3 Å². The van der Waals surface area contributed by atoms with Gasteiger partial charge in [0.05, 0.1) is 6.04 Å². The molecule has 114 valence electrons. The van der Waals surface area contributed by atoms with E-state index in [0.717, 1.165) is 9.88 Å². The third-order valence-corrected chi connectivity index (χ3v) is 3.90. The maximum atomic E-state index is 11.7. The Kier molecular flexibility index (Phi) is 5.60. The Balaban J connectivity index is 2.64. The van der Waals surface area contributed by atoms with Gasteiger partial charge in [-0.1, -0.05) is 0 Å². The molecule has 0 radical (unpaired) electrons. The average molecular weight is 311 g/mol. The predicted molar refractivity (Wildman–Crippen MR) is 78.0 cm³/mol. The molecule has 0 spiro atoms. The Hall–Kier alpha value is -2.22. The summed E-state index contributed by atoms with van der Waals surface area (Å²) in [6, 6.07) is -1.04. The minimum atomic E-state index is -1.20. The van der Waals surface area contributed by atoms with E-state index in [1.165, 1.54) is 25.2 Å². The number of nitrogens with zero attached hydrogens (tertiary/aromatic N) is 1. The zero-order valence-corrected chi connectivity index (χ0v) is 13.0. The van der Waals surface area contributed by atoms with Crippen LogP contribution in [-0.2, 0) is 9.59 Å². The Bertz CT molecular complexity index is 606. The zero-order valence-electron chi connectivity index (χ0n) is 12.2. The number of carbonyl (C=O) groups is 3. The van der Waals surface area contributed by atoms with Crippen LogP contribution in [0, 0.1) is 6.92 Å². The predicted octanol–water partition coefficient (Wildman–Crippen LogP) is 1.76. The van der Waals surface area contributed by atoms with E-state index in [9.17, 15) is 14.4 Å². The first kappa shape index (κ1) is 16.8. The van der Waals surface area contributed by atoms with Crippen LogP contribution in [0.1, 0.15) is 36.7 Å². The fourth-order valence-corrected chi connectivity index (χ4v) is 2.17. The Morgan fingerprint density at radius 3 is 2.38 bits per heavy atom. The van der Waals surface area contributed by atoms with Crippen molar-refractivity contribution in [3.8, 4) is 0 Å². The lowest BCUT2D eigenvalue weighted by molar-refractivity contribution is -0.133. The van der Waals surface area contributed by atoms with Gasteiger partial charge in [-0.3, -0.25) is 10.1 Å². The molecule has 7 nitrogen and oxygen atoms in total. The number of amides is 3. The zero-order chi connectivity index (χ0) is 16.2. The summed E-state index contributed by atoms with van der Waals surface area (Å²) >= 11 is 1.45. The lowest BCUT2D eigenvalue weighted by atomic mass is 10.1. The van der Waals surface area contributed by atoms with Crippen molar-refractivity contribution in [2.45, 2.75) is 33.7 Å². The van der Waals surface area contributed by atoms with Gasteiger partial charge in [0.25, 0.3) is 5.91 Å². The molecule has 21 heavy (non-hydrogen) atoms. The fraction of sp³-hybridized carbons (Fsp3) is 0.385. The van der Waals surface area contributed by atoms with Crippen LogP contribution in [0.4, 0.5) is 4.79 Å². The van der Waals surface area contributed by atoms with Crippen LogP contribution in [0.25, 0.3) is 0 Å². The monoisotopic (exact) mass is 311 g/mol. The lowest BCUT2D eigenvalue weighted by Gasteiger charge is -2.12. The highest BCUT2D eigenvalue weighted by Gasteiger charge is 2.17. The molecule has 0 aromatic carbocycles. The topological polar surface area (TPSA) is 108 Å². The van der Waals surface area contributed by atoms with Crippen molar-refractivity contribution in [1.82, 2.24) is 15.6 Å². The van der Waals surface area contributed by atoms with E-state index in [-0.39, 0.29) is 17.2 Å². The largest absolute Gasteiger partial charge is 0.478 e. The minimum absolute atomic E-state index is 0.0182. The van der Waals surface area contributed by atoms with Gasteiger partial charge in [0.1, 0.15) is 5.01 Å². The van der Waals surface area contributed by atoms with E-state index >= 15 is 0 Å². The molecule has 1 rings (SSSR count). The lowest BCUT2D eigenvalue weighted by Crippen LogP contribution is -2.41. The van der Waals surface area contributed by atoms with Crippen LogP contribution >= 0.6 is 11.3 Å². The molecule has 8 heteroatoms. The second-order valence-corrected chi connectivity index (χ2v) is 5.78. The molecule has 3 amide bonds. The van der Waals surface area contributed by atoms with E-state index in [4.69, 9.17) is 5.11 Å². The van der Waals surface area contributed by atoms with Crippen molar-refractivity contribution in [1.29, 1.82) is 0 Å². The molecule has 0 aliphatic heterocycles. The van der Waals surface area contributed by atoms with Gasteiger partial charge in [0, 0.05) is 22.2 Å². The van der Waals surface area contributed by atoms with E-state index in [2.05, 4.69) is 15.6 Å². The van der Waals surface area contributed by atoms with Crippen LogP contribution in [0.3, 0.4) is 0 Å². The summed E-state index contributed by atoms with van der Waals surface area (Å²) in [5.41, 5.74) is -0.126. The number of hydrogen-bond donors (Lipinski definition) is 3. The number of urea groups is 1. The second kappa shape index (κ2) is 6.98. The van der Waals surface area contributed by atoms with Crippen LogP contribution in [0.5, 0.6) is 0 Å². The third kappa shape index (κ3) is 4.67. The number of rotatable bonds is 4. The van der Waals surface area contributed by atoms with Crippen LogP contribution in [0.2, 0.25) is 0 Å². The van der Waals surface area contributed by atoms with Gasteiger partial charge >= 0.3 is 12.0 Å². The number of carboxylic acids is 1. The average Bonchev–Trinajstić information content (AvgIpc) is 2.83. The molecule has 0 saturated carbocycles. The molecule has 0 fully saturated rings. The number of hydrogen-bond acceptors (Lipinski definition) is 5. The number of imide groups is 1. The van der Waals surface area contributed by atoms with Crippen molar-refractivity contribution in [2.24, 2.45) is 0 Å². The molecule has 1 aromatic rings. The summed E-state index contributed by atoms with van der Waals surface area (Å²) in [7, 11) is 0. The van der Waals surface area contributed by atoms with Gasteiger partial charge in [-0.2, -0.15) is 0 Å². The van der Waals surface area contributed by atoms with Crippen LogP contribution < -0.4 is 10.6 Å². The van der Waals surface area contributed by atoms with Crippen molar-refractivity contribution in [2.75, 3.05) is 0 Å². The molecule has 3 N–H and O–H groups in total. The number of aliphatic carboxylic acids is 1. The first-order valence-electron chi connectivity index (χ1n) is 6.17. The normalized spacial score (nSPS) is 13.1. The molecular formula is C13H17N3O4S. The van der Waals surface area contributed by atoms with Crippen molar-refractivity contribution in [3.05, 3.63) is 27.2 Å². The molecule has 0 aliphatic rings. The second-order valence-electron chi connectivity index (χ2n) is 4.51. The maximum absolute atomic E-state index is 11.7. The summed E-state index contributed by atoms with van der Waals surface area (Å²) in [6.07, 6.45) is 1.70. The maximum Gasteiger partial charge on any atom is 0.331 e. The standard InChI is InChI=1S/C13H17N3O4S/c1-6-5-14-11(21-6)9(4)15-13(20)16-10(17)7(2)8(3)12(18)19/h5,9H,1-4H3,(H,18,19)(H2,15,16,17,20)/b8-7-. The SMILES string of the molecule is C/C(C(=O)O)=C(\C)C(=O)NC(=O)NC(C)c1ncc(C)s1. The molecule has 1 unspecified atom stereocenters. The number of aromatic nitrogens is 1.